The summed E-state index contributed by atoms with van der Waals surface area (Å²) in [7, 11) is 0. The third-order valence-corrected chi connectivity index (χ3v) is 2.76. The van der Waals surface area contributed by atoms with Crippen molar-refractivity contribution in [3.8, 4) is 6.07 Å². The topological polar surface area (TPSA) is 62.7 Å². The van der Waals surface area contributed by atoms with E-state index in [4.69, 9.17) is 11.0 Å². The van der Waals surface area contributed by atoms with E-state index in [9.17, 15) is 13.2 Å². The zero-order valence-corrected chi connectivity index (χ0v) is 11.6. The van der Waals surface area contributed by atoms with E-state index < -0.39 is 17.7 Å². The fourth-order valence-electron chi connectivity index (χ4n) is 1.39. The van der Waals surface area contributed by atoms with Crippen molar-refractivity contribution in [1.82, 2.24) is 4.98 Å². The summed E-state index contributed by atoms with van der Waals surface area (Å²) in [6.45, 7) is 4.24. The molecular formula is C15H14F3N3. The quantitative estimate of drug-likeness (QED) is 0.802. The average molecular weight is 293 g/mol. The van der Waals surface area contributed by atoms with Crippen LogP contribution in [0.1, 0.15) is 22.4 Å². The number of nitrogen functional groups attached to an aromatic ring is 1. The minimum absolute atomic E-state index is 0.0620. The molecule has 0 spiro atoms. The molecule has 0 amide bonds. The van der Waals surface area contributed by atoms with Crippen LogP contribution in [0.15, 0.2) is 36.4 Å². The zero-order chi connectivity index (χ0) is 16.0. The number of aryl methyl sites for hydroxylation is 2. The van der Waals surface area contributed by atoms with E-state index in [1.54, 1.807) is 6.07 Å². The third kappa shape index (κ3) is 4.80. The number of pyridine rings is 1. The molecule has 0 saturated heterocycles. The maximum Gasteiger partial charge on any atom is 0.433 e. The molecule has 0 unspecified atom stereocenters. The van der Waals surface area contributed by atoms with E-state index in [0.717, 1.165) is 12.1 Å². The molecule has 110 valence electrons. The summed E-state index contributed by atoms with van der Waals surface area (Å²) in [6.07, 6.45) is -4.53. The Hall–Kier alpha value is -2.55. The number of nitriles is 1. The molecule has 0 bridgehead atoms. The van der Waals surface area contributed by atoms with Crippen LogP contribution in [0.3, 0.4) is 0 Å². The fourth-order valence-corrected chi connectivity index (χ4v) is 1.39. The SMILES string of the molecule is Cc1ccccc1C.N#Cc1ccc(C(F)(F)F)nc1N. The molecule has 21 heavy (non-hydrogen) atoms. The average Bonchev–Trinajstić information content (AvgIpc) is 2.42. The zero-order valence-electron chi connectivity index (χ0n) is 11.6. The van der Waals surface area contributed by atoms with Crippen molar-refractivity contribution in [3.05, 3.63) is 58.8 Å². The minimum Gasteiger partial charge on any atom is -0.383 e. The molecule has 0 aliphatic heterocycles. The molecule has 3 nitrogen and oxygen atoms in total. The molecule has 0 atom stereocenters. The number of halogens is 3. The molecule has 0 saturated carbocycles. The molecule has 0 radical (unpaired) electrons. The number of anilines is 1. The lowest BCUT2D eigenvalue weighted by atomic mass is 10.1. The second kappa shape index (κ2) is 6.75. The predicted octanol–water partition coefficient (Wildman–Crippen LogP) is 3.86. The minimum atomic E-state index is -4.53. The Balaban J connectivity index is 0.000000235. The van der Waals surface area contributed by atoms with Gasteiger partial charge in [0.2, 0.25) is 0 Å². The number of alkyl halides is 3. The van der Waals surface area contributed by atoms with Crippen LogP contribution in [0.5, 0.6) is 0 Å². The van der Waals surface area contributed by atoms with Gasteiger partial charge in [-0.2, -0.15) is 18.4 Å². The maximum absolute atomic E-state index is 12.0. The summed E-state index contributed by atoms with van der Waals surface area (Å²) in [4.78, 5) is 3.05. The second-order valence-corrected chi connectivity index (χ2v) is 4.32. The maximum atomic E-state index is 12.0. The van der Waals surface area contributed by atoms with Gasteiger partial charge in [0.15, 0.2) is 0 Å². The van der Waals surface area contributed by atoms with Crippen LogP contribution >= 0.6 is 0 Å². The molecule has 1 aromatic carbocycles. The normalized spacial score (nSPS) is 10.3. The molecule has 1 aromatic heterocycles. The number of nitrogens with two attached hydrogens (primary N) is 1. The first-order chi connectivity index (χ1) is 9.75. The third-order valence-electron chi connectivity index (χ3n) is 2.76. The van der Waals surface area contributed by atoms with Gasteiger partial charge in [-0.05, 0) is 37.1 Å². The Morgan fingerprint density at radius 1 is 1.05 bits per heavy atom. The highest BCUT2D eigenvalue weighted by atomic mass is 19.4. The Bertz CT molecular complexity index is 637. The number of benzene rings is 1. The van der Waals surface area contributed by atoms with Crippen molar-refractivity contribution in [2.45, 2.75) is 20.0 Å². The number of aromatic nitrogens is 1. The van der Waals surface area contributed by atoms with Crippen LogP contribution in [0.2, 0.25) is 0 Å². The number of hydrogen-bond donors (Lipinski definition) is 1. The summed E-state index contributed by atoms with van der Waals surface area (Å²) in [5.41, 5.74) is 6.68. The van der Waals surface area contributed by atoms with Crippen LogP contribution in [-0.4, -0.2) is 4.98 Å². The second-order valence-electron chi connectivity index (χ2n) is 4.32. The van der Waals surface area contributed by atoms with E-state index >= 15 is 0 Å². The lowest BCUT2D eigenvalue weighted by Gasteiger charge is -2.05. The molecule has 2 rings (SSSR count). The Labute approximate surface area is 120 Å². The van der Waals surface area contributed by atoms with Crippen molar-refractivity contribution >= 4 is 5.82 Å². The van der Waals surface area contributed by atoms with E-state index in [-0.39, 0.29) is 5.56 Å². The first kappa shape index (κ1) is 16.5. The Morgan fingerprint density at radius 2 is 1.57 bits per heavy atom. The number of rotatable bonds is 0. The lowest BCUT2D eigenvalue weighted by Crippen LogP contribution is -2.09. The molecular weight excluding hydrogens is 279 g/mol. The number of nitrogens with zero attached hydrogens (tertiary/aromatic N) is 2. The standard InChI is InChI=1S/C8H10.C7H4F3N3/c1-7-5-3-4-6-8(7)2;8-7(9,10)5-2-1-4(3-11)6(12)13-5/h3-6H,1-2H3;1-2H,(H2,12,13). The van der Waals surface area contributed by atoms with Crippen molar-refractivity contribution in [2.24, 2.45) is 0 Å². The smallest absolute Gasteiger partial charge is 0.383 e. The van der Waals surface area contributed by atoms with Gasteiger partial charge < -0.3 is 5.73 Å². The predicted molar refractivity (Wildman–Crippen MR) is 74.3 cm³/mol. The molecule has 1 heterocycles. The highest BCUT2D eigenvalue weighted by molar-refractivity contribution is 5.48. The molecule has 0 aliphatic rings. The molecule has 6 heteroatoms. The van der Waals surface area contributed by atoms with Crippen LogP contribution < -0.4 is 5.73 Å². The largest absolute Gasteiger partial charge is 0.433 e. The van der Waals surface area contributed by atoms with Crippen LogP contribution in [0.25, 0.3) is 0 Å². The summed E-state index contributed by atoms with van der Waals surface area (Å²) in [5, 5.41) is 8.36. The van der Waals surface area contributed by atoms with Crippen LogP contribution in [-0.2, 0) is 6.18 Å². The summed E-state index contributed by atoms with van der Waals surface area (Å²) in [5.74, 6) is -0.405. The van der Waals surface area contributed by atoms with Crippen LogP contribution in [0.4, 0.5) is 19.0 Å². The van der Waals surface area contributed by atoms with Gasteiger partial charge in [-0.3, -0.25) is 0 Å². The van der Waals surface area contributed by atoms with E-state index in [1.165, 1.54) is 11.1 Å². The van der Waals surface area contributed by atoms with Gasteiger partial charge >= 0.3 is 6.18 Å². The van der Waals surface area contributed by atoms with Gasteiger partial charge in [-0.15, -0.1) is 0 Å². The van der Waals surface area contributed by atoms with Gasteiger partial charge in [0, 0.05) is 0 Å². The van der Waals surface area contributed by atoms with E-state index in [1.807, 2.05) is 0 Å². The van der Waals surface area contributed by atoms with Gasteiger partial charge in [0.1, 0.15) is 17.6 Å². The van der Waals surface area contributed by atoms with Gasteiger partial charge in [0.25, 0.3) is 0 Å². The van der Waals surface area contributed by atoms with Crippen molar-refractivity contribution in [3.63, 3.8) is 0 Å². The molecule has 2 N–H and O–H groups in total. The monoisotopic (exact) mass is 293 g/mol. The molecule has 2 aromatic rings. The highest BCUT2D eigenvalue weighted by Gasteiger charge is 2.32. The van der Waals surface area contributed by atoms with Crippen LogP contribution in [0, 0.1) is 25.2 Å². The van der Waals surface area contributed by atoms with E-state index in [2.05, 4.69) is 43.1 Å². The Morgan fingerprint density at radius 3 is 1.90 bits per heavy atom. The first-order valence-electron chi connectivity index (χ1n) is 6.01. The van der Waals surface area contributed by atoms with Crippen molar-refractivity contribution < 1.29 is 13.2 Å². The number of hydrogen-bond acceptors (Lipinski definition) is 3. The lowest BCUT2D eigenvalue weighted by molar-refractivity contribution is -0.141. The highest BCUT2D eigenvalue weighted by Crippen LogP contribution is 2.28. The summed E-state index contributed by atoms with van der Waals surface area (Å²) >= 11 is 0. The molecule has 0 fully saturated rings. The molecule has 0 aliphatic carbocycles. The first-order valence-corrected chi connectivity index (χ1v) is 6.01. The van der Waals surface area contributed by atoms with Gasteiger partial charge in [0.05, 0.1) is 5.56 Å². The Kier molecular flexibility index (Phi) is 5.30. The van der Waals surface area contributed by atoms with E-state index in [0.29, 0.717) is 0 Å². The van der Waals surface area contributed by atoms with Crippen molar-refractivity contribution in [1.29, 1.82) is 5.26 Å². The van der Waals surface area contributed by atoms with Crippen molar-refractivity contribution in [2.75, 3.05) is 5.73 Å². The summed E-state index contributed by atoms with van der Waals surface area (Å²) < 4.78 is 36.0. The fraction of sp³-hybridized carbons (Fsp3) is 0.200. The van der Waals surface area contributed by atoms with Gasteiger partial charge in [-0.25, -0.2) is 4.98 Å². The van der Waals surface area contributed by atoms with Gasteiger partial charge in [-0.1, -0.05) is 24.3 Å². The summed E-state index contributed by atoms with van der Waals surface area (Å²) in [6, 6.07) is 11.7.